The number of esters is 1. The van der Waals surface area contributed by atoms with Crippen molar-refractivity contribution < 1.29 is 17.9 Å². The van der Waals surface area contributed by atoms with Crippen molar-refractivity contribution >= 4 is 16.0 Å². The number of nitrogens with one attached hydrogen (secondary N) is 1. The van der Waals surface area contributed by atoms with Gasteiger partial charge in [-0.25, -0.2) is 13.1 Å². The SMILES string of the molecule is COC(=O)C1CCCC1S(=O)(=O)NCC(C)C. The molecule has 1 aliphatic rings. The summed E-state index contributed by atoms with van der Waals surface area (Å²) in [5.41, 5.74) is 0. The van der Waals surface area contributed by atoms with E-state index in [1.165, 1.54) is 7.11 Å². The summed E-state index contributed by atoms with van der Waals surface area (Å²) in [6, 6.07) is 0. The lowest BCUT2D eigenvalue weighted by Crippen LogP contribution is -2.40. The Morgan fingerprint density at radius 1 is 1.41 bits per heavy atom. The van der Waals surface area contributed by atoms with Gasteiger partial charge in [-0.15, -0.1) is 0 Å². The fourth-order valence-corrected chi connectivity index (χ4v) is 4.04. The minimum Gasteiger partial charge on any atom is -0.469 e. The predicted octanol–water partition coefficient (Wildman–Crippen LogP) is 0.903. The highest BCUT2D eigenvalue weighted by Crippen LogP contribution is 2.31. The zero-order valence-corrected chi connectivity index (χ0v) is 11.4. The van der Waals surface area contributed by atoms with Gasteiger partial charge in [-0.05, 0) is 18.8 Å². The van der Waals surface area contributed by atoms with Crippen LogP contribution in [0.3, 0.4) is 0 Å². The van der Waals surface area contributed by atoms with Crippen molar-refractivity contribution in [1.82, 2.24) is 4.72 Å². The molecule has 5 nitrogen and oxygen atoms in total. The van der Waals surface area contributed by atoms with E-state index >= 15 is 0 Å². The maximum absolute atomic E-state index is 12.0. The van der Waals surface area contributed by atoms with Crippen molar-refractivity contribution in [2.75, 3.05) is 13.7 Å². The zero-order valence-electron chi connectivity index (χ0n) is 10.6. The molecule has 1 aliphatic carbocycles. The van der Waals surface area contributed by atoms with E-state index in [1.807, 2.05) is 13.8 Å². The van der Waals surface area contributed by atoms with Crippen LogP contribution in [0.1, 0.15) is 33.1 Å². The van der Waals surface area contributed by atoms with E-state index in [0.717, 1.165) is 6.42 Å². The smallest absolute Gasteiger partial charge is 0.310 e. The molecule has 6 heteroatoms. The lowest BCUT2D eigenvalue weighted by Gasteiger charge is -2.19. The van der Waals surface area contributed by atoms with E-state index in [9.17, 15) is 13.2 Å². The van der Waals surface area contributed by atoms with Crippen molar-refractivity contribution in [3.63, 3.8) is 0 Å². The first-order valence-corrected chi connectivity index (χ1v) is 7.49. The minimum atomic E-state index is -3.41. The minimum absolute atomic E-state index is 0.253. The van der Waals surface area contributed by atoms with Gasteiger partial charge < -0.3 is 4.74 Å². The molecule has 0 aromatic rings. The largest absolute Gasteiger partial charge is 0.469 e. The second-order valence-electron chi connectivity index (χ2n) is 4.89. The van der Waals surface area contributed by atoms with E-state index in [2.05, 4.69) is 9.46 Å². The average Bonchev–Trinajstić information content (AvgIpc) is 2.75. The third kappa shape index (κ3) is 3.67. The van der Waals surface area contributed by atoms with Gasteiger partial charge in [0.1, 0.15) is 0 Å². The Labute approximate surface area is 103 Å². The average molecular weight is 263 g/mol. The van der Waals surface area contributed by atoms with Crippen LogP contribution in [0.5, 0.6) is 0 Å². The molecule has 0 radical (unpaired) electrons. The topological polar surface area (TPSA) is 72.5 Å². The Bertz CT molecular complexity index is 364. The number of hydrogen-bond donors (Lipinski definition) is 1. The maximum atomic E-state index is 12.0. The number of carbonyl (C=O) groups excluding carboxylic acids is 1. The van der Waals surface area contributed by atoms with E-state index in [4.69, 9.17) is 0 Å². The Morgan fingerprint density at radius 2 is 2.06 bits per heavy atom. The van der Waals surface area contributed by atoms with Gasteiger partial charge in [-0.3, -0.25) is 4.79 Å². The van der Waals surface area contributed by atoms with Crippen molar-refractivity contribution in [3.05, 3.63) is 0 Å². The molecule has 0 bridgehead atoms. The summed E-state index contributed by atoms with van der Waals surface area (Å²) in [6.45, 7) is 4.29. The molecule has 0 saturated heterocycles. The monoisotopic (exact) mass is 263 g/mol. The third-order valence-electron chi connectivity index (χ3n) is 3.05. The molecule has 2 atom stereocenters. The first-order chi connectivity index (χ1) is 7.88. The van der Waals surface area contributed by atoms with Crippen LogP contribution in [-0.2, 0) is 19.6 Å². The maximum Gasteiger partial charge on any atom is 0.310 e. The lowest BCUT2D eigenvalue weighted by molar-refractivity contribution is -0.145. The summed E-state index contributed by atoms with van der Waals surface area (Å²) in [7, 11) is -2.11. The van der Waals surface area contributed by atoms with Crippen molar-refractivity contribution in [2.45, 2.75) is 38.4 Å². The summed E-state index contributed by atoms with van der Waals surface area (Å²) >= 11 is 0. The highest BCUT2D eigenvalue weighted by Gasteiger charge is 2.41. The second-order valence-corrected chi connectivity index (χ2v) is 6.87. The fraction of sp³-hybridized carbons (Fsp3) is 0.909. The standard InChI is InChI=1S/C11H21NO4S/c1-8(2)7-12-17(14,15)10-6-4-5-9(10)11(13)16-3/h8-10,12H,4-7H2,1-3H3. The fourth-order valence-electron chi connectivity index (χ4n) is 2.11. The van der Waals surface area contributed by atoms with E-state index in [1.54, 1.807) is 0 Å². The molecule has 2 unspecified atom stereocenters. The Kier molecular flexibility index (Phi) is 4.94. The van der Waals surface area contributed by atoms with Crippen LogP contribution in [0.25, 0.3) is 0 Å². The first-order valence-electron chi connectivity index (χ1n) is 5.94. The normalized spacial score (nSPS) is 25.2. The molecule has 1 N–H and O–H groups in total. The quantitative estimate of drug-likeness (QED) is 0.748. The van der Waals surface area contributed by atoms with E-state index < -0.39 is 27.2 Å². The highest BCUT2D eigenvalue weighted by atomic mass is 32.2. The molecule has 0 aliphatic heterocycles. The number of rotatable bonds is 5. The first kappa shape index (κ1) is 14.4. The predicted molar refractivity (Wildman–Crippen MR) is 64.9 cm³/mol. The number of sulfonamides is 1. The summed E-state index contributed by atoms with van der Waals surface area (Å²) in [4.78, 5) is 11.5. The van der Waals surface area contributed by atoms with Crippen molar-refractivity contribution in [1.29, 1.82) is 0 Å². The van der Waals surface area contributed by atoms with Gasteiger partial charge >= 0.3 is 5.97 Å². The molecular formula is C11H21NO4S. The number of ether oxygens (including phenoxy) is 1. The summed E-state index contributed by atoms with van der Waals surface area (Å²) < 4.78 is 31.3. The zero-order chi connectivity index (χ0) is 13.1. The van der Waals surface area contributed by atoms with Crippen molar-refractivity contribution in [3.8, 4) is 0 Å². The van der Waals surface area contributed by atoms with Crippen LogP contribution in [0.15, 0.2) is 0 Å². The Hall–Kier alpha value is -0.620. The molecule has 0 spiro atoms. The van der Waals surface area contributed by atoms with Crippen LogP contribution < -0.4 is 4.72 Å². The van der Waals surface area contributed by atoms with Crippen LogP contribution >= 0.6 is 0 Å². The van der Waals surface area contributed by atoms with Crippen LogP contribution in [0.2, 0.25) is 0 Å². The number of hydrogen-bond acceptors (Lipinski definition) is 4. The molecule has 1 saturated carbocycles. The molecule has 0 heterocycles. The summed E-state index contributed by atoms with van der Waals surface area (Å²) in [6.07, 6.45) is 1.89. The highest BCUT2D eigenvalue weighted by molar-refractivity contribution is 7.90. The van der Waals surface area contributed by atoms with Gasteiger partial charge in [-0.2, -0.15) is 0 Å². The summed E-state index contributed by atoms with van der Waals surface area (Å²) in [5, 5.41) is -0.631. The second kappa shape index (κ2) is 5.82. The van der Waals surface area contributed by atoms with E-state index in [0.29, 0.717) is 19.4 Å². The molecule has 1 fully saturated rings. The van der Waals surface area contributed by atoms with Crippen LogP contribution in [0, 0.1) is 11.8 Å². The Balaban J connectivity index is 2.73. The number of methoxy groups -OCH3 is 1. The van der Waals surface area contributed by atoms with Gasteiger partial charge in [0.05, 0.1) is 18.3 Å². The third-order valence-corrected chi connectivity index (χ3v) is 4.98. The molecule has 0 aromatic heterocycles. The van der Waals surface area contributed by atoms with Gasteiger partial charge in [0.2, 0.25) is 10.0 Å². The molecule has 17 heavy (non-hydrogen) atoms. The summed E-state index contributed by atoms with van der Waals surface area (Å²) in [5.74, 6) is -0.671. The molecule has 0 amide bonds. The number of carbonyl (C=O) groups is 1. The van der Waals surface area contributed by atoms with Crippen LogP contribution in [0.4, 0.5) is 0 Å². The van der Waals surface area contributed by atoms with Crippen molar-refractivity contribution in [2.24, 2.45) is 11.8 Å². The van der Waals surface area contributed by atoms with Crippen LogP contribution in [-0.4, -0.2) is 33.3 Å². The van der Waals surface area contributed by atoms with Gasteiger partial charge in [0, 0.05) is 6.54 Å². The molecule has 0 aromatic carbocycles. The van der Waals surface area contributed by atoms with Gasteiger partial charge in [-0.1, -0.05) is 20.3 Å². The Morgan fingerprint density at radius 3 is 2.59 bits per heavy atom. The molecular weight excluding hydrogens is 242 g/mol. The lowest BCUT2D eigenvalue weighted by atomic mass is 10.1. The van der Waals surface area contributed by atoms with Gasteiger partial charge in [0.25, 0.3) is 0 Å². The van der Waals surface area contributed by atoms with E-state index in [-0.39, 0.29) is 5.92 Å². The molecule has 100 valence electrons. The molecule has 1 rings (SSSR count). The van der Waals surface area contributed by atoms with Gasteiger partial charge in [0.15, 0.2) is 0 Å².